The standard InChI is InChI=1S/C25H31N3O4/c1-25(2,3)32-23(30)21-15-10-16-27(21)24(31)28(18-20-13-8-5-9-14-20)26-22(29)17-19-11-6-4-7-12-19/h4-9,11-14,21H,10,15-18H2,1-3H3,(H,26,29)/t21-/m0/s1. The second-order valence-corrected chi connectivity index (χ2v) is 8.94. The molecule has 3 rings (SSSR count). The van der Waals surface area contributed by atoms with Crippen molar-refractivity contribution in [3.8, 4) is 0 Å². The van der Waals surface area contributed by atoms with Crippen LogP contribution in [0.25, 0.3) is 0 Å². The van der Waals surface area contributed by atoms with Gasteiger partial charge in [-0.25, -0.2) is 14.6 Å². The van der Waals surface area contributed by atoms with Crippen molar-refractivity contribution in [2.45, 2.75) is 58.2 Å². The summed E-state index contributed by atoms with van der Waals surface area (Å²) in [6, 6.07) is 17.7. The number of hydrogen-bond donors (Lipinski definition) is 1. The van der Waals surface area contributed by atoms with Crippen LogP contribution in [0.3, 0.4) is 0 Å². The van der Waals surface area contributed by atoms with Gasteiger partial charge in [0.15, 0.2) is 0 Å². The number of urea groups is 1. The predicted molar refractivity (Wildman–Crippen MR) is 121 cm³/mol. The number of nitrogens with zero attached hydrogens (tertiary/aromatic N) is 2. The largest absolute Gasteiger partial charge is 0.458 e. The molecule has 1 saturated heterocycles. The first-order valence-electron chi connectivity index (χ1n) is 10.9. The van der Waals surface area contributed by atoms with Gasteiger partial charge >= 0.3 is 12.0 Å². The molecule has 7 nitrogen and oxygen atoms in total. The molecule has 0 saturated carbocycles. The lowest BCUT2D eigenvalue weighted by molar-refractivity contribution is -0.159. The van der Waals surface area contributed by atoms with Crippen LogP contribution in [0.1, 0.15) is 44.7 Å². The highest BCUT2D eigenvalue weighted by Gasteiger charge is 2.39. The molecule has 1 heterocycles. The fourth-order valence-corrected chi connectivity index (χ4v) is 3.66. The molecule has 0 unspecified atom stereocenters. The van der Waals surface area contributed by atoms with Crippen LogP contribution in [0, 0.1) is 0 Å². The molecule has 1 aliphatic heterocycles. The Morgan fingerprint density at radius 2 is 1.59 bits per heavy atom. The molecule has 2 aromatic rings. The molecular weight excluding hydrogens is 406 g/mol. The highest BCUT2D eigenvalue weighted by molar-refractivity contribution is 5.86. The number of benzene rings is 2. The summed E-state index contributed by atoms with van der Waals surface area (Å²) in [7, 11) is 0. The lowest BCUT2D eigenvalue weighted by atomic mass is 10.1. The average Bonchev–Trinajstić information content (AvgIpc) is 3.23. The van der Waals surface area contributed by atoms with Crippen molar-refractivity contribution in [3.63, 3.8) is 0 Å². The Morgan fingerprint density at radius 1 is 1.00 bits per heavy atom. The average molecular weight is 438 g/mol. The molecule has 0 bridgehead atoms. The third-order valence-corrected chi connectivity index (χ3v) is 5.06. The lowest BCUT2D eigenvalue weighted by Gasteiger charge is -2.32. The number of carbonyl (C=O) groups is 3. The molecule has 1 N–H and O–H groups in total. The molecule has 170 valence electrons. The molecule has 32 heavy (non-hydrogen) atoms. The van der Waals surface area contributed by atoms with Gasteiger partial charge in [-0.05, 0) is 44.7 Å². The van der Waals surface area contributed by atoms with Crippen LogP contribution >= 0.6 is 0 Å². The SMILES string of the molecule is CC(C)(C)OC(=O)[C@@H]1CCCN1C(=O)N(Cc1ccccc1)NC(=O)Cc1ccccc1. The van der Waals surface area contributed by atoms with Gasteiger partial charge in [-0.2, -0.15) is 0 Å². The van der Waals surface area contributed by atoms with Crippen molar-refractivity contribution < 1.29 is 19.1 Å². The molecule has 7 heteroatoms. The summed E-state index contributed by atoms with van der Waals surface area (Å²) >= 11 is 0. The van der Waals surface area contributed by atoms with Crippen molar-refractivity contribution >= 4 is 17.9 Å². The van der Waals surface area contributed by atoms with E-state index >= 15 is 0 Å². The van der Waals surface area contributed by atoms with E-state index in [2.05, 4.69) is 5.43 Å². The number of hydrazine groups is 1. The van der Waals surface area contributed by atoms with Crippen molar-refractivity contribution in [1.82, 2.24) is 15.3 Å². The van der Waals surface area contributed by atoms with Gasteiger partial charge < -0.3 is 9.64 Å². The molecule has 3 amide bonds. The minimum absolute atomic E-state index is 0.148. The Bertz CT molecular complexity index is 925. The second kappa shape index (κ2) is 10.3. The second-order valence-electron chi connectivity index (χ2n) is 8.94. The number of carbonyl (C=O) groups excluding carboxylic acids is 3. The topological polar surface area (TPSA) is 79.0 Å². The summed E-state index contributed by atoms with van der Waals surface area (Å²) in [5, 5.41) is 1.29. The highest BCUT2D eigenvalue weighted by atomic mass is 16.6. The maximum Gasteiger partial charge on any atom is 0.339 e. The Morgan fingerprint density at radius 3 is 2.19 bits per heavy atom. The fraction of sp³-hybridized carbons (Fsp3) is 0.400. The van der Waals surface area contributed by atoms with Crippen molar-refractivity contribution in [2.24, 2.45) is 0 Å². The van der Waals surface area contributed by atoms with E-state index in [9.17, 15) is 14.4 Å². The van der Waals surface area contributed by atoms with Crippen molar-refractivity contribution in [3.05, 3.63) is 71.8 Å². The Balaban J connectivity index is 1.76. The smallest absolute Gasteiger partial charge is 0.339 e. The Hall–Kier alpha value is -3.35. The van der Waals surface area contributed by atoms with Crippen LogP contribution in [0.5, 0.6) is 0 Å². The van der Waals surface area contributed by atoms with Crippen LogP contribution in [0.15, 0.2) is 60.7 Å². The molecule has 1 fully saturated rings. The maximum atomic E-state index is 13.4. The highest BCUT2D eigenvalue weighted by Crippen LogP contribution is 2.23. The summed E-state index contributed by atoms with van der Waals surface area (Å²) in [6.45, 7) is 6.03. The minimum atomic E-state index is -0.661. The van der Waals surface area contributed by atoms with E-state index in [1.807, 2.05) is 60.7 Å². The van der Waals surface area contributed by atoms with Gasteiger partial charge in [-0.3, -0.25) is 10.2 Å². The van der Waals surface area contributed by atoms with Crippen LogP contribution in [0.2, 0.25) is 0 Å². The summed E-state index contributed by atoms with van der Waals surface area (Å²) in [5.74, 6) is -0.716. The van der Waals surface area contributed by atoms with Gasteiger partial charge in [0.25, 0.3) is 0 Å². The number of rotatable bonds is 5. The zero-order valence-electron chi connectivity index (χ0n) is 18.9. The summed E-state index contributed by atoms with van der Waals surface area (Å²) in [6.07, 6.45) is 1.39. The molecule has 0 aromatic heterocycles. The van der Waals surface area contributed by atoms with Crippen LogP contribution in [-0.4, -0.2) is 46.0 Å². The van der Waals surface area contributed by atoms with Crippen LogP contribution in [0.4, 0.5) is 4.79 Å². The maximum absolute atomic E-state index is 13.4. The van der Waals surface area contributed by atoms with E-state index in [-0.39, 0.29) is 18.9 Å². The monoisotopic (exact) mass is 437 g/mol. The number of esters is 1. The number of nitrogens with one attached hydrogen (secondary N) is 1. The number of amides is 3. The van der Waals surface area contributed by atoms with Gasteiger partial charge in [0, 0.05) is 6.54 Å². The molecular formula is C25H31N3O4. The van der Waals surface area contributed by atoms with Gasteiger partial charge in [-0.15, -0.1) is 0 Å². The zero-order valence-corrected chi connectivity index (χ0v) is 18.9. The third-order valence-electron chi connectivity index (χ3n) is 5.06. The molecule has 1 atom stereocenters. The minimum Gasteiger partial charge on any atom is -0.458 e. The number of hydrogen-bond acceptors (Lipinski definition) is 4. The first-order chi connectivity index (χ1) is 15.2. The van der Waals surface area contributed by atoms with Gasteiger partial charge in [0.2, 0.25) is 5.91 Å². The van der Waals surface area contributed by atoms with Gasteiger partial charge in [0.05, 0.1) is 13.0 Å². The van der Waals surface area contributed by atoms with E-state index in [0.717, 1.165) is 11.1 Å². The first kappa shape index (κ1) is 23.3. The van der Waals surface area contributed by atoms with E-state index in [1.54, 1.807) is 20.8 Å². The van der Waals surface area contributed by atoms with Gasteiger partial charge in [0.1, 0.15) is 11.6 Å². The molecule has 0 radical (unpaired) electrons. The lowest BCUT2D eigenvalue weighted by Crippen LogP contribution is -2.54. The first-order valence-corrected chi connectivity index (χ1v) is 10.9. The predicted octanol–water partition coefficient (Wildman–Crippen LogP) is 3.69. The molecule has 1 aliphatic rings. The summed E-state index contributed by atoms with van der Waals surface area (Å²) < 4.78 is 5.52. The normalized spacial score (nSPS) is 15.8. The quantitative estimate of drug-likeness (QED) is 0.572. The van der Waals surface area contributed by atoms with E-state index in [1.165, 1.54) is 9.91 Å². The number of ether oxygens (including phenoxy) is 1. The van der Waals surface area contributed by atoms with E-state index in [0.29, 0.717) is 19.4 Å². The Labute approximate surface area is 189 Å². The fourth-order valence-electron chi connectivity index (χ4n) is 3.66. The zero-order chi connectivity index (χ0) is 23.1. The van der Waals surface area contributed by atoms with Crippen LogP contribution < -0.4 is 5.43 Å². The number of likely N-dealkylation sites (tertiary alicyclic amines) is 1. The third kappa shape index (κ3) is 6.57. The molecule has 0 spiro atoms. The van der Waals surface area contributed by atoms with E-state index in [4.69, 9.17) is 4.74 Å². The molecule has 0 aliphatic carbocycles. The summed E-state index contributed by atoms with van der Waals surface area (Å²) in [5.41, 5.74) is 3.83. The van der Waals surface area contributed by atoms with Crippen LogP contribution in [-0.2, 0) is 27.3 Å². The van der Waals surface area contributed by atoms with Crippen molar-refractivity contribution in [2.75, 3.05) is 6.54 Å². The Kier molecular flexibility index (Phi) is 7.51. The van der Waals surface area contributed by atoms with E-state index < -0.39 is 23.6 Å². The van der Waals surface area contributed by atoms with Crippen molar-refractivity contribution in [1.29, 1.82) is 0 Å². The summed E-state index contributed by atoms with van der Waals surface area (Å²) in [4.78, 5) is 40.4. The van der Waals surface area contributed by atoms with Gasteiger partial charge in [-0.1, -0.05) is 60.7 Å². The molecule has 2 aromatic carbocycles.